The van der Waals surface area contributed by atoms with Crippen LogP contribution in [0.5, 0.6) is 5.75 Å². The fraction of sp³-hybridized carbons (Fsp3) is 0.167. The summed E-state index contributed by atoms with van der Waals surface area (Å²) in [4.78, 5) is 22.4. The molecule has 0 aliphatic rings. The van der Waals surface area contributed by atoms with Crippen LogP contribution in [0.3, 0.4) is 0 Å². The van der Waals surface area contributed by atoms with E-state index >= 15 is 0 Å². The third kappa shape index (κ3) is 1.69. The molecule has 0 aliphatic carbocycles. The Hall–Kier alpha value is -2.10. The second-order valence-corrected chi connectivity index (χ2v) is 3.43. The fourth-order valence-corrected chi connectivity index (χ4v) is 1.55. The van der Waals surface area contributed by atoms with Crippen molar-refractivity contribution in [2.24, 2.45) is 0 Å². The Labute approximate surface area is 91.4 Å². The number of hydrogen-bond acceptors (Lipinski definition) is 4. The average molecular weight is 218 g/mol. The van der Waals surface area contributed by atoms with E-state index < -0.39 is 11.6 Å². The van der Waals surface area contributed by atoms with E-state index in [1.165, 1.54) is 6.92 Å². The summed E-state index contributed by atoms with van der Waals surface area (Å²) in [7, 11) is 0. The quantitative estimate of drug-likeness (QED) is 0.542. The molecule has 0 N–H and O–H groups in total. The number of carbonyl (C=O) groups is 1. The summed E-state index contributed by atoms with van der Waals surface area (Å²) >= 11 is 0. The van der Waals surface area contributed by atoms with E-state index in [-0.39, 0.29) is 5.75 Å². The minimum absolute atomic E-state index is 0.0359. The van der Waals surface area contributed by atoms with Crippen LogP contribution in [0.15, 0.2) is 33.5 Å². The van der Waals surface area contributed by atoms with Crippen LogP contribution in [0.2, 0.25) is 0 Å². The summed E-state index contributed by atoms with van der Waals surface area (Å²) in [6.45, 7) is 2.96. The fourth-order valence-electron chi connectivity index (χ4n) is 1.55. The molecule has 1 aromatic carbocycles. The smallest absolute Gasteiger partial charge is 0.380 e. The van der Waals surface area contributed by atoms with Crippen molar-refractivity contribution in [3.05, 3.63) is 40.2 Å². The van der Waals surface area contributed by atoms with Crippen molar-refractivity contribution in [1.29, 1.82) is 0 Å². The highest BCUT2D eigenvalue weighted by Crippen LogP contribution is 2.23. The van der Waals surface area contributed by atoms with Gasteiger partial charge in [-0.25, -0.2) is 4.79 Å². The number of carbonyl (C=O) groups excluding carboxylic acids is 1. The summed E-state index contributed by atoms with van der Waals surface area (Å²) in [6.07, 6.45) is 0. The van der Waals surface area contributed by atoms with Crippen LogP contribution in [0.1, 0.15) is 12.5 Å². The molecule has 0 saturated carbocycles. The Bertz CT molecular complexity index is 610. The van der Waals surface area contributed by atoms with Crippen molar-refractivity contribution in [2.75, 3.05) is 0 Å². The van der Waals surface area contributed by atoms with Gasteiger partial charge in [0.15, 0.2) is 0 Å². The Kier molecular flexibility index (Phi) is 2.48. The molecule has 0 unspecified atom stereocenters. The topological polar surface area (TPSA) is 56.5 Å². The van der Waals surface area contributed by atoms with E-state index in [0.717, 1.165) is 5.39 Å². The van der Waals surface area contributed by atoms with E-state index in [1.54, 1.807) is 25.1 Å². The Balaban J connectivity index is 2.75. The number of fused-ring (bicyclic) bond motifs is 1. The van der Waals surface area contributed by atoms with Gasteiger partial charge in [-0.3, -0.25) is 4.79 Å². The van der Waals surface area contributed by atoms with Crippen molar-refractivity contribution >= 4 is 16.9 Å². The maximum absolute atomic E-state index is 11.5. The molecule has 0 bridgehead atoms. The average Bonchev–Trinajstić information content (AvgIpc) is 2.24. The van der Waals surface area contributed by atoms with Gasteiger partial charge in [0.05, 0.1) is 0 Å². The van der Waals surface area contributed by atoms with Gasteiger partial charge in [-0.1, -0.05) is 18.2 Å². The normalized spacial score (nSPS) is 10.4. The molecule has 82 valence electrons. The maximum atomic E-state index is 11.5. The third-order valence-corrected chi connectivity index (χ3v) is 2.27. The second kappa shape index (κ2) is 3.81. The van der Waals surface area contributed by atoms with Crippen LogP contribution in [-0.4, -0.2) is 5.97 Å². The van der Waals surface area contributed by atoms with E-state index in [0.29, 0.717) is 11.1 Å². The first-order chi connectivity index (χ1) is 7.59. The third-order valence-electron chi connectivity index (χ3n) is 2.27. The lowest BCUT2D eigenvalue weighted by atomic mass is 10.1. The zero-order chi connectivity index (χ0) is 11.7. The Morgan fingerprint density at radius 1 is 1.31 bits per heavy atom. The molecule has 16 heavy (non-hydrogen) atoms. The largest absolute Gasteiger partial charge is 0.420 e. The standard InChI is InChI=1S/C12H10O4/c1-7-9-5-3-4-6-10(9)16-12(14)11(7)15-8(2)13/h3-6H,1-2H3. The predicted molar refractivity (Wildman–Crippen MR) is 58.5 cm³/mol. The zero-order valence-electron chi connectivity index (χ0n) is 8.94. The van der Waals surface area contributed by atoms with Crippen molar-refractivity contribution in [3.8, 4) is 5.75 Å². The summed E-state index contributed by atoms with van der Waals surface area (Å²) in [6, 6.07) is 7.10. The van der Waals surface area contributed by atoms with Gasteiger partial charge >= 0.3 is 11.6 Å². The maximum Gasteiger partial charge on any atom is 0.380 e. The molecular weight excluding hydrogens is 208 g/mol. The minimum atomic E-state index is -0.633. The van der Waals surface area contributed by atoms with Crippen molar-refractivity contribution in [3.63, 3.8) is 0 Å². The number of esters is 1. The summed E-state index contributed by atoms with van der Waals surface area (Å²) in [5.74, 6) is -0.572. The SMILES string of the molecule is CC(=O)Oc1c(C)c2ccccc2oc1=O. The predicted octanol–water partition coefficient (Wildman–Crippen LogP) is 2.03. The second-order valence-electron chi connectivity index (χ2n) is 3.43. The van der Waals surface area contributed by atoms with Crippen LogP contribution in [0.25, 0.3) is 11.0 Å². The summed E-state index contributed by atoms with van der Waals surface area (Å²) in [5.41, 5.74) is 0.467. The van der Waals surface area contributed by atoms with Crippen LogP contribution >= 0.6 is 0 Å². The van der Waals surface area contributed by atoms with Crippen molar-refractivity contribution in [2.45, 2.75) is 13.8 Å². The molecule has 0 aliphatic heterocycles. The molecular formula is C12H10O4. The monoisotopic (exact) mass is 218 g/mol. The van der Waals surface area contributed by atoms with E-state index in [2.05, 4.69) is 0 Å². The molecule has 0 spiro atoms. The number of aryl methyl sites for hydroxylation is 1. The number of hydrogen-bond donors (Lipinski definition) is 0. The molecule has 4 heteroatoms. The number of para-hydroxylation sites is 1. The molecule has 2 aromatic rings. The molecule has 0 fully saturated rings. The van der Waals surface area contributed by atoms with Gasteiger partial charge in [-0.05, 0) is 13.0 Å². The van der Waals surface area contributed by atoms with Crippen molar-refractivity contribution < 1.29 is 13.9 Å². The highest BCUT2D eigenvalue weighted by atomic mass is 16.5. The van der Waals surface area contributed by atoms with Crippen LogP contribution in [-0.2, 0) is 4.79 Å². The Morgan fingerprint density at radius 3 is 2.69 bits per heavy atom. The molecule has 2 rings (SSSR count). The van der Waals surface area contributed by atoms with Gasteiger partial charge in [-0.2, -0.15) is 0 Å². The van der Waals surface area contributed by atoms with Crippen LogP contribution in [0.4, 0.5) is 0 Å². The molecule has 1 heterocycles. The first kappa shape index (κ1) is 10.4. The van der Waals surface area contributed by atoms with Crippen LogP contribution in [0, 0.1) is 6.92 Å². The van der Waals surface area contributed by atoms with Gasteiger partial charge in [0.1, 0.15) is 5.58 Å². The van der Waals surface area contributed by atoms with Gasteiger partial charge < -0.3 is 9.15 Å². The lowest BCUT2D eigenvalue weighted by molar-refractivity contribution is -0.132. The van der Waals surface area contributed by atoms with Gasteiger partial charge in [0.25, 0.3) is 0 Å². The lowest BCUT2D eigenvalue weighted by Gasteiger charge is -2.06. The molecule has 0 saturated heterocycles. The van der Waals surface area contributed by atoms with Gasteiger partial charge in [0.2, 0.25) is 5.75 Å². The Morgan fingerprint density at radius 2 is 2.00 bits per heavy atom. The molecule has 0 amide bonds. The molecule has 1 aromatic heterocycles. The van der Waals surface area contributed by atoms with Gasteiger partial charge in [-0.15, -0.1) is 0 Å². The van der Waals surface area contributed by atoms with E-state index in [4.69, 9.17) is 9.15 Å². The number of rotatable bonds is 1. The molecule has 4 nitrogen and oxygen atoms in total. The van der Waals surface area contributed by atoms with Gasteiger partial charge in [0, 0.05) is 17.9 Å². The lowest BCUT2D eigenvalue weighted by Crippen LogP contribution is -2.12. The highest BCUT2D eigenvalue weighted by molar-refractivity contribution is 5.82. The number of benzene rings is 1. The first-order valence-electron chi connectivity index (χ1n) is 4.80. The zero-order valence-corrected chi connectivity index (χ0v) is 8.94. The van der Waals surface area contributed by atoms with E-state index in [9.17, 15) is 9.59 Å². The number of ether oxygens (including phenoxy) is 1. The van der Waals surface area contributed by atoms with Crippen LogP contribution < -0.4 is 10.4 Å². The highest BCUT2D eigenvalue weighted by Gasteiger charge is 2.13. The van der Waals surface area contributed by atoms with E-state index in [1.807, 2.05) is 6.07 Å². The molecule has 0 radical (unpaired) electrons. The minimum Gasteiger partial charge on any atom is -0.420 e. The first-order valence-corrected chi connectivity index (χ1v) is 4.80. The van der Waals surface area contributed by atoms with Crippen molar-refractivity contribution in [1.82, 2.24) is 0 Å². The summed E-state index contributed by atoms with van der Waals surface area (Å²) in [5, 5.41) is 0.762. The molecule has 0 atom stereocenters. The summed E-state index contributed by atoms with van der Waals surface area (Å²) < 4.78 is 9.88.